The molecule has 2 atom stereocenters. The van der Waals surface area contributed by atoms with Crippen molar-refractivity contribution in [3.63, 3.8) is 0 Å². The van der Waals surface area contributed by atoms with Crippen LogP contribution in [0.3, 0.4) is 0 Å². The number of benzene rings is 1. The van der Waals surface area contributed by atoms with Gasteiger partial charge in [-0.3, -0.25) is 4.79 Å². The lowest BCUT2D eigenvalue weighted by atomic mass is 10.0. The Balaban J connectivity index is 2.82. The normalized spacial score (nSPS) is 13.9. The van der Waals surface area contributed by atoms with Crippen molar-refractivity contribution in [2.45, 2.75) is 12.2 Å². The molecule has 0 aromatic heterocycles. The van der Waals surface area contributed by atoms with Crippen LogP contribution in [0.4, 0.5) is 5.69 Å². The SMILES string of the molecule is Nc1cc(C(=O)NCC(O)CO)cc(C(O)CO)c1. The number of nitrogen functional groups attached to an aromatic ring is 1. The topological polar surface area (TPSA) is 136 Å². The Labute approximate surface area is 110 Å². The molecule has 1 rings (SSSR count). The highest BCUT2D eigenvalue weighted by Gasteiger charge is 2.13. The predicted octanol–water partition coefficient (Wildman–Crippen LogP) is -1.62. The van der Waals surface area contributed by atoms with Gasteiger partial charge in [0, 0.05) is 17.8 Å². The van der Waals surface area contributed by atoms with Gasteiger partial charge >= 0.3 is 0 Å². The molecule has 7 N–H and O–H groups in total. The van der Waals surface area contributed by atoms with E-state index in [0.717, 1.165) is 0 Å². The van der Waals surface area contributed by atoms with Gasteiger partial charge in [0.25, 0.3) is 5.91 Å². The second-order valence-electron chi connectivity index (χ2n) is 4.13. The lowest BCUT2D eigenvalue weighted by Crippen LogP contribution is -2.34. The van der Waals surface area contributed by atoms with E-state index in [1.165, 1.54) is 18.2 Å². The Morgan fingerprint density at radius 3 is 2.47 bits per heavy atom. The van der Waals surface area contributed by atoms with Crippen molar-refractivity contribution in [1.29, 1.82) is 0 Å². The average Bonchev–Trinajstić information content (AvgIpc) is 2.42. The highest BCUT2D eigenvalue weighted by atomic mass is 16.3. The van der Waals surface area contributed by atoms with Crippen LogP contribution in [0.25, 0.3) is 0 Å². The molecule has 7 heteroatoms. The summed E-state index contributed by atoms with van der Waals surface area (Å²) in [5.74, 6) is -0.494. The van der Waals surface area contributed by atoms with Gasteiger partial charge in [0.2, 0.25) is 0 Å². The molecule has 0 fully saturated rings. The van der Waals surface area contributed by atoms with Crippen LogP contribution in [-0.2, 0) is 0 Å². The molecule has 7 nitrogen and oxygen atoms in total. The van der Waals surface area contributed by atoms with Crippen LogP contribution in [0, 0.1) is 0 Å². The van der Waals surface area contributed by atoms with Gasteiger partial charge in [0.1, 0.15) is 6.10 Å². The van der Waals surface area contributed by atoms with Gasteiger partial charge in [-0.2, -0.15) is 0 Å². The smallest absolute Gasteiger partial charge is 0.251 e. The molecule has 0 bridgehead atoms. The lowest BCUT2D eigenvalue weighted by Gasteiger charge is -2.12. The van der Waals surface area contributed by atoms with Crippen LogP contribution in [0.2, 0.25) is 0 Å². The molecule has 1 aromatic rings. The van der Waals surface area contributed by atoms with E-state index in [1.54, 1.807) is 0 Å². The van der Waals surface area contributed by atoms with Gasteiger partial charge in [-0.25, -0.2) is 0 Å². The van der Waals surface area contributed by atoms with E-state index in [1.807, 2.05) is 0 Å². The number of amides is 1. The van der Waals surface area contributed by atoms with Crippen LogP contribution in [0.15, 0.2) is 18.2 Å². The number of aliphatic hydroxyl groups excluding tert-OH is 4. The van der Waals surface area contributed by atoms with Gasteiger partial charge in [-0.05, 0) is 23.8 Å². The lowest BCUT2D eigenvalue weighted by molar-refractivity contribution is 0.0800. The summed E-state index contributed by atoms with van der Waals surface area (Å²) >= 11 is 0. The largest absolute Gasteiger partial charge is 0.399 e. The molecule has 19 heavy (non-hydrogen) atoms. The fourth-order valence-corrected chi connectivity index (χ4v) is 1.48. The van der Waals surface area contributed by atoms with Crippen molar-refractivity contribution >= 4 is 11.6 Å². The van der Waals surface area contributed by atoms with Crippen LogP contribution in [0.5, 0.6) is 0 Å². The second kappa shape index (κ2) is 7.05. The van der Waals surface area contributed by atoms with Crippen molar-refractivity contribution in [2.75, 3.05) is 25.5 Å². The molecule has 1 amide bonds. The monoisotopic (exact) mass is 270 g/mol. The third kappa shape index (κ3) is 4.49. The molecular formula is C12H18N2O5. The minimum Gasteiger partial charge on any atom is -0.399 e. The summed E-state index contributed by atoms with van der Waals surface area (Å²) in [6, 6.07) is 4.27. The average molecular weight is 270 g/mol. The summed E-state index contributed by atoms with van der Waals surface area (Å²) in [7, 11) is 0. The highest BCUT2D eigenvalue weighted by Crippen LogP contribution is 2.18. The van der Waals surface area contributed by atoms with Crippen molar-refractivity contribution in [3.05, 3.63) is 29.3 Å². The van der Waals surface area contributed by atoms with E-state index < -0.39 is 31.3 Å². The van der Waals surface area contributed by atoms with E-state index >= 15 is 0 Å². The minimum absolute atomic E-state index is 0.0952. The Morgan fingerprint density at radius 2 is 1.89 bits per heavy atom. The molecule has 1 aromatic carbocycles. The third-order valence-electron chi connectivity index (χ3n) is 2.51. The fourth-order valence-electron chi connectivity index (χ4n) is 1.48. The summed E-state index contributed by atoms with van der Waals surface area (Å²) in [5, 5.41) is 38.5. The van der Waals surface area contributed by atoms with Crippen LogP contribution in [-0.4, -0.2) is 52.2 Å². The molecule has 0 radical (unpaired) electrons. The first-order valence-corrected chi connectivity index (χ1v) is 5.74. The maximum absolute atomic E-state index is 11.8. The Kier molecular flexibility index (Phi) is 5.71. The maximum Gasteiger partial charge on any atom is 0.251 e. The molecule has 0 aliphatic rings. The molecule has 106 valence electrons. The quantitative estimate of drug-likeness (QED) is 0.344. The molecule has 0 spiro atoms. The first-order valence-electron chi connectivity index (χ1n) is 5.74. The number of nitrogens with one attached hydrogen (secondary N) is 1. The zero-order valence-corrected chi connectivity index (χ0v) is 10.3. The number of aliphatic hydroxyl groups is 4. The Bertz CT molecular complexity index is 438. The van der Waals surface area contributed by atoms with Gasteiger partial charge in [0.05, 0.1) is 19.3 Å². The van der Waals surface area contributed by atoms with E-state index in [9.17, 15) is 9.90 Å². The number of carbonyl (C=O) groups is 1. The predicted molar refractivity (Wildman–Crippen MR) is 68.3 cm³/mol. The van der Waals surface area contributed by atoms with Gasteiger partial charge in [-0.1, -0.05) is 0 Å². The fraction of sp³-hybridized carbons (Fsp3) is 0.417. The van der Waals surface area contributed by atoms with Crippen molar-refractivity contribution < 1.29 is 25.2 Å². The van der Waals surface area contributed by atoms with Gasteiger partial charge in [0.15, 0.2) is 0 Å². The molecule has 0 aliphatic heterocycles. The standard InChI is InChI=1S/C12H18N2O5/c13-9-2-7(11(18)6-16)1-8(3-9)12(19)14-4-10(17)5-15/h1-3,10-11,15-18H,4-6,13H2,(H,14,19). The number of hydrogen-bond acceptors (Lipinski definition) is 6. The molecular weight excluding hydrogens is 252 g/mol. The van der Waals surface area contributed by atoms with Crippen LogP contribution in [0.1, 0.15) is 22.0 Å². The summed E-state index contributed by atoms with van der Waals surface area (Å²) in [4.78, 5) is 11.8. The first kappa shape index (κ1) is 15.4. The summed E-state index contributed by atoms with van der Waals surface area (Å²) < 4.78 is 0. The number of rotatable bonds is 6. The van der Waals surface area contributed by atoms with Crippen molar-refractivity contribution in [2.24, 2.45) is 0 Å². The molecule has 2 unspecified atom stereocenters. The maximum atomic E-state index is 11.8. The summed E-state index contributed by atoms with van der Waals surface area (Å²) in [6.45, 7) is -1.03. The molecule has 0 aliphatic carbocycles. The molecule has 0 saturated carbocycles. The van der Waals surface area contributed by atoms with E-state index in [2.05, 4.69) is 5.32 Å². The number of carbonyl (C=O) groups excluding carboxylic acids is 1. The zero-order valence-electron chi connectivity index (χ0n) is 10.3. The van der Waals surface area contributed by atoms with Crippen LogP contribution < -0.4 is 11.1 Å². The Hall–Kier alpha value is -1.67. The van der Waals surface area contributed by atoms with E-state index in [-0.39, 0.29) is 17.8 Å². The first-order chi connectivity index (χ1) is 8.97. The summed E-state index contributed by atoms with van der Waals surface area (Å²) in [6.07, 6.45) is -2.15. The van der Waals surface area contributed by atoms with Crippen LogP contribution >= 0.6 is 0 Å². The second-order valence-corrected chi connectivity index (χ2v) is 4.13. The number of hydrogen-bond donors (Lipinski definition) is 6. The number of nitrogens with two attached hydrogens (primary N) is 1. The number of anilines is 1. The highest BCUT2D eigenvalue weighted by molar-refractivity contribution is 5.95. The van der Waals surface area contributed by atoms with Gasteiger partial charge < -0.3 is 31.5 Å². The van der Waals surface area contributed by atoms with E-state index in [0.29, 0.717) is 5.56 Å². The molecule has 0 heterocycles. The van der Waals surface area contributed by atoms with E-state index in [4.69, 9.17) is 21.1 Å². The Morgan fingerprint density at radius 1 is 1.21 bits per heavy atom. The molecule has 0 saturated heterocycles. The third-order valence-corrected chi connectivity index (χ3v) is 2.51. The van der Waals surface area contributed by atoms with Crippen molar-refractivity contribution in [3.8, 4) is 0 Å². The summed E-state index contributed by atoms with van der Waals surface area (Å²) in [5.41, 5.74) is 6.42. The minimum atomic E-state index is -1.11. The zero-order chi connectivity index (χ0) is 14.4. The van der Waals surface area contributed by atoms with Crippen molar-refractivity contribution in [1.82, 2.24) is 5.32 Å². The van der Waals surface area contributed by atoms with Gasteiger partial charge in [-0.15, -0.1) is 0 Å².